The molecule has 1 aromatic rings. The van der Waals surface area contributed by atoms with Gasteiger partial charge in [0.2, 0.25) is 0 Å². The van der Waals surface area contributed by atoms with E-state index in [0.29, 0.717) is 0 Å². The highest BCUT2D eigenvalue weighted by atomic mass is 32.2. The molecule has 2 heterocycles. The second-order valence-corrected chi connectivity index (χ2v) is 4.22. The molecule has 0 bridgehead atoms. The number of aliphatic imine (C=N–C) groups is 1. The van der Waals surface area contributed by atoms with E-state index in [-0.39, 0.29) is 0 Å². The molecule has 0 spiro atoms. The SMILES string of the molecule is Cn1cncc1CSC1=NCCCN1. The van der Waals surface area contributed by atoms with Gasteiger partial charge in [-0.1, -0.05) is 11.8 Å². The first-order valence-electron chi connectivity index (χ1n) is 4.72. The number of aromatic nitrogens is 2. The highest BCUT2D eigenvalue weighted by Crippen LogP contribution is 2.13. The minimum atomic E-state index is 0.933. The van der Waals surface area contributed by atoms with E-state index < -0.39 is 0 Å². The summed E-state index contributed by atoms with van der Waals surface area (Å²) in [5.74, 6) is 0.933. The van der Waals surface area contributed by atoms with Crippen molar-refractivity contribution in [2.75, 3.05) is 13.1 Å². The van der Waals surface area contributed by atoms with E-state index in [2.05, 4.69) is 15.3 Å². The van der Waals surface area contributed by atoms with Gasteiger partial charge in [-0.05, 0) is 6.42 Å². The van der Waals surface area contributed by atoms with Crippen LogP contribution in [0.5, 0.6) is 0 Å². The van der Waals surface area contributed by atoms with Gasteiger partial charge in [0.15, 0.2) is 5.17 Å². The molecule has 0 radical (unpaired) electrons. The smallest absolute Gasteiger partial charge is 0.156 e. The Morgan fingerprint density at radius 2 is 2.57 bits per heavy atom. The first-order chi connectivity index (χ1) is 6.86. The van der Waals surface area contributed by atoms with Crippen LogP contribution in [-0.2, 0) is 12.8 Å². The van der Waals surface area contributed by atoms with Gasteiger partial charge >= 0.3 is 0 Å². The van der Waals surface area contributed by atoms with Crippen molar-refractivity contribution >= 4 is 16.9 Å². The number of imidazole rings is 1. The lowest BCUT2D eigenvalue weighted by Gasteiger charge is -2.13. The first kappa shape index (κ1) is 9.58. The third kappa shape index (κ3) is 2.29. The maximum Gasteiger partial charge on any atom is 0.156 e. The summed E-state index contributed by atoms with van der Waals surface area (Å²) in [6, 6.07) is 0. The van der Waals surface area contributed by atoms with Crippen molar-refractivity contribution in [2.45, 2.75) is 12.2 Å². The van der Waals surface area contributed by atoms with Crippen LogP contribution in [0.3, 0.4) is 0 Å². The summed E-state index contributed by atoms with van der Waals surface area (Å²) in [6.45, 7) is 2.01. The molecule has 0 aromatic carbocycles. The molecule has 0 unspecified atom stereocenters. The van der Waals surface area contributed by atoms with Gasteiger partial charge in [0.25, 0.3) is 0 Å². The fourth-order valence-electron chi connectivity index (χ4n) is 1.27. The molecule has 0 fully saturated rings. The fourth-order valence-corrected chi connectivity index (χ4v) is 2.22. The number of amidine groups is 1. The molecule has 0 saturated carbocycles. The lowest BCUT2D eigenvalue weighted by atomic mass is 10.4. The van der Waals surface area contributed by atoms with Crippen LogP contribution in [0.4, 0.5) is 0 Å². The number of aryl methyl sites for hydroxylation is 1. The molecule has 0 saturated heterocycles. The van der Waals surface area contributed by atoms with E-state index in [0.717, 1.165) is 30.4 Å². The summed E-state index contributed by atoms with van der Waals surface area (Å²) in [5.41, 5.74) is 1.23. The maximum absolute atomic E-state index is 4.40. The van der Waals surface area contributed by atoms with Gasteiger partial charge < -0.3 is 9.88 Å². The van der Waals surface area contributed by atoms with Crippen molar-refractivity contribution < 1.29 is 0 Å². The van der Waals surface area contributed by atoms with Crippen LogP contribution < -0.4 is 5.32 Å². The zero-order chi connectivity index (χ0) is 9.80. The van der Waals surface area contributed by atoms with Crippen LogP contribution in [0, 0.1) is 0 Å². The second-order valence-electron chi connectivity index (χ2n) is 3.25. The Morgan fingerprint density at radius 1 is 1.64 bits per heavy atom. The van der Waals surface area contributed by atoms with Crippen molar-refractivity contribution in [2.24, 2.45) is 12.0 Å². The largest absolute Gasteiger partial charge is 0.365 e. The Labute approximate surface area is 87.8 Å². The summed E-state index contributed by atoms with van der Waals surface area (Å²) in [5, 5.41) is 4.35. The number of nitrogens with one attached hydrogen (secondary N) is 1. The van der Waals surface area contributed by atoms with Crippen molar-refractivity contribution in [3.05, 3.63) is 18.2 Å². The van der Waals surface area contributed by atoms with Crippen molar-refractivity contribution in [3.63, 3.8) is 0 Å². The van der Waals surface area contributed by atoms with Crippen LogP contribution in [-0.4, -0.2) is 27.8 Å². The minimum absolute atomic E-state index is 0.933. The fraction of sp³-hybridized carbons (Fsp3) is 0.556. The average molecular weight is 210 g/mol. The molecular formula is C9H14N4S. The van der Waals surface area contributed by atoms with Crippen molar-refractivity contribution in [3.8, 4) is 0 Å². The summed E-state index contributed by atoms with van der Waals surface area (Å²) < 4.78 is 2.04. The van der Waals surface area contributed by atoms with E-state index in [1.165, 1.54) is 5.69 Å². The summed E-state index contributed by atoms with van der Waals surface area (Å²) >= 11 is 1.75. The van der Waals surface area contributed by atoms with E-state index >= 15 is 0 Å². The minimum Gasteiger partial charge on any atom is -0.365 e. The molecule has 0 atom stereocenters. The summed E-state index contributed by atoms with van der Waals surface area (Å²) in [7, 11) is 2.01. The third-order valence-electron chi connectivity index (χ3n) is 2.14. The Kier molecular flexibility index (Phi) is 3.08. The summed E-state index contributed by atoms with van der Waals surface area (Å²) in [4.78, 5) is 8.47. The zero-order valence-corrected chi connectivity index (χ0v) is 9.05. The molecule has 76 valence electrons. The Morgan fingerprint density at radius 3 is 3.21 bits per heavy atom. The number of rotatable bonds is 2. The molecule has 1 aromatic heterocycles. The van der Waals surface area contributed by atoms with Crippen LogP contribution in [0.25, 0.3) is 0 Å². The third-order valence-corrected chi connectivity index (χ3v) is 3.13. The zero-order valence-electron chi connectivity index (χ0n) is 8.23. The number of hydrogen-bond acceptors (Lipinski definition) is 4. The molecule has 5 heteroatoms. The van der Waals surface area contributed by atoms with Gasteiger partial charge in [0.05, 0.1) is 6.33 Å². The molecule has 1 aliphatic heterocycles. The molecular weight excluding hydrogens is 196 g/mol. The number of nitrogens with zero attached hydrogens (tertiary/aromatic N) is 3. The van der Waals surface area contributed by atoms with E-state index in [1.54, 1.807) is 11.8 Å². The maximum atomic E-state index is 4.40. The van der Waals surface area contributed by atoms with Crippen LogP contribution in [0.2, 0.25) is 0 Å². The van der Waals surface area contributed by atoms with Gasteiger partial charge in [0, 0.05) is 37.8 Å². The Bertz CT molecular complexity index is 331. The quantitative estimate of drug-likeness (QED) is 0.792. The topological polar surface area (TPSA) is 42.2 Å². The van der Waals surface area contributed by atoms with Crippen molar-refractivity contribution in [1.29, 1.82) is 0 Å². The van der Waals surface area contributed by atoms with Crippen LogP contribution in [0.15, 0.2) is 17.5 Å². The normalized spacial score (nSPS) is 16.2. The molecule has 4 nitrogen and oxygen atoms in total. The lowest BCUT2D eigenvalue weighted by molar-refractivity contribution is 0.751. The highest BCUT2D eigenvalue weighted by molar-refractivity contribution is 8.13. The number of thioether (sulfide) groups is 1. The lowest BCUT2D eigenvalue weighted by Crippen LogP contribution is -2.26. The Balaban J connectivity index is 1.88. The summed E-state index contributed by atoms with van der Waals surface area (Å²) in [6.07, 6.45) is 4.87. The standard InChI is InChI=1S/C9H14N4S/c1-13-7-10-5-8(13)6-14-9-11-3-2-4-12-9/h5,7H,2-4,6H2,1H3,(H,11,12). The molecule has 2 rings (SSSR count). The molecule has 0 aliphatic carbocycles. The van der Waals surface area contributed by atoms with Crippen LogP contribution >= 0.6 is 11.8 Å². The molecule has 1 N–H and O–H groups in total. The monoisotopic (exact) mass is 210 g/mol. The molecule has 0 amide bonds. The predicted octanol–water partition coefficient (Wildman–Crippen LogP) is 1.00. The van der Waals surface area contributed by atoms with E-state index in [1.807, 2.05) is 24.1 Å². The van der Waals surface area contributed by atoms with Gasteiger partial charge in [-0.3, -0.25) is 4.99 Å². The van der Waals surface area contributed by atoms with Gasteiger partial charge in [-0.15, -0.1) is 0 Å². The predicted molar refractivity (Wildman–Crippen MR) is 59.4 cm³/mol. The molecule has 14 heavy (non-hydrogen) atoms. The van der Waals surface area contributed by atoms with Gasteiger partial charge in [-0.25, -0.2) is 4.98 Å². The van der Waals surface area contributed by atoms with Gasteiger partial charge in [-0.2, -0.15) is 0 Å². The van der Waals surface area contributed by atoms with Gasteiger partial charge in [0.1, 0.15) is 0 Å². The number of hydrogen-bond donors (Lipinski definition) is 1. The highest BCUT2D eigenvalue weighted by Gasteiger charge is 2.06. The van der Waals surface area contributed by atoms with Crippen molar-refractivity contribution in [1.82, 2.24) is 14.9 Å². The van der Waals surface area contributed by atoms with E-state index in [9.17, 15) is 0 Å². The Hall–Kier alpha value is -0.970. The molecule has 1 aliphatic rings. The first-order valence-corrected chi connectivity index (χ1v) is 5.71. The van der Waals surface area contributed by atoms with Crippen LogP contribution in [0.1, 0.15) is 12.1 Å². The van der Waals surface area contributed by atoms with E-state index in [4.69, 9.17) is 0 Å². The second kappa shape index (κ2) is 4.50. The average Bonchev–Trinajstić information content (AvgIpc) is 2.63.